The summed E-state index contributed by atoms with van der Waals surface area (Å²) in [5, 5.41) is 10.1. The van der Waals surface area contributed by atoms with Crippen LogP contribution in [-0.2, 0) is 0 Å². The Hall–Kier alpha value is -1.55. The van der Waals surface area contributed by atoms with Gasteiger partial charge in [0.1, 0.15) is 5.75 Å². The van der Waals surface area contributed by atoms with Crippen molar-refractivity contribution >= 4 is 27.3 Å². The minimum atomic E-state index is -0.458. The Morgan fingerprint density at radius 3 is 2.85 bits per heavy atom. The highest BCUT2D eigenvalue weighted by Crippen LogP contribution is 2.31. The second kappa shape index (κ2) is 2.74. The van der Waals surface area contributed by atoms with Crippen LogP contribution in [0.1, 0.15) is 9.67 Å². The van der Waals surface area contributed by atoms with Gasteiger partial charge in [0.15, 0.2) is 0 Å². The van der Waals surface area contributed by atoms with Crippen molar-refractivity contribution in [3.8, 4) is 5.75 Å². The largest absolute Gasteiger partial charge is 0.507 e. The van der Waals surface area contributed by atoms with Crippen LogP contribution in [-0.4, -0.2) is 11.0 Å². The number of carbonyl (C=O) groups is 1. The molecule has 0 fully saturated rings. The molecule has 0 aliphatic heterocycles. The number of nitrogens with two attached hydrogens (primary N) is 1. The molecule has 0 radical (unpaired) electrons. The van der Waals surface area contributed by atoms with E-state index in [1.165, 1.54) is 11.3 Å². The van der Waals surface area contributed by atoms with E-state index < -0.39 is 5.91 Å². The third-order valence-corrected chi connectivity index (χ3v) is 2.90. The highest BCUT2D eigenvalue weighted by molar-refractivity contribution is 7.20. The smallest absolute Gasteiger partial charge is 0.258 e. The highest BCUT2D eigenvalue weighted by atomic mass is 32.1. The summed E-state index contributed by atoms with van der Waals surface area (Å²) in [4.78, 5) is 11.3. The fraction of sp³-hybridized carbons (Fsp3) is 0. The molecule has 0 atom stereocenters. The van der Waals surface area contributed by atoms with Crippen LogP contribution in [0.2, 0.25) is 0 Å². The maximum atomic E-state index is 10.8. The first-order chi connectivity index (χ1) is 6.18. The van der Waals surface area contributed by atoms with Crippen LogP contribution in [0, 0.1) is 0 Å². The molecule has 13 heavy (non-hydrogen) atoms. The van der Waals surface area contributed by atoms with Gasteiger partial charge in [0.2, 0.25) is 0 Å². The molecular formula is C9H7NO2S. The molecule has 2 aromatic rings. The van der Waals surface area contributed by atoms with Gasteiger partial charge in [-0.25, -0.2) is 0 Å². The van der Waals surface area contributed by atoms with Crippen LogP contribution in [0.4, 0.5) is 0 Å². The molecule has 2 rings (SSSR count). The minimum Gasteiger partial charge on any atom is -0.507 e. The Kier molecular flexibility index (Phi) is 1.70. The fourth-order valence-electron chi connectivity index (χ4n) is 1.17. The van der Waals surface area contributed by atoms with Gasteiger partial charge in [-0.2, -0.15) is 0 Å². The monoisotopic (exact) mass is 193 g/mol. The number of aromatic hydroxyl groups is 1. The molecule has 0 aliphatic rings. The van der Waals surface area contributed by atoms with Crippen molar-refractivity contribution in [2.24, 2.45) is 5.73 Å². The maximum Gasteiger partial charge on any atom is 0.258 e. The number of hydrogen-bond acceptors (Lipinski definition) is 3. The van der Waals surface area contributed by atoms with Crippen molar-refractivity contribution in [2.75, 3.05) is 0 Å². The Bertz CT molecular complexity index is 475. The lowest BCUT2D eigenvalue weighted by Crippen LogP contribution is -2.07. The van der Waals surface area contributed by atoms with Gasteiger partial charge in [0, 0.05) is 10.1 Å². The molecule has 1 aromatic carbocycles. The summed E-state index contributed by atoms with van der Waals surface area (Å²) in [5.74, 6) is -0.276. The zero-order valence-electron chi connectivity index (χ0n) is 6.65. The summed E-state index contributed by atoms with van der Waals surface area (Å²) < 4.78 is 0.869. The fourth-order valence-corrected chi connectivity index (χ4v) is 2.10. The first kappa shape index (κ1) is 8.07. The molecule has 3 N–H and O–H groups in total. The average Bonchev–Trinajstić information content (AvgIpc) is 2.49. The first-order valence-corrected chi connectivity index (χ1v) is 4.51. The number of benzene rings is 1. The Labute approximate surface area is 78.4 Å². The predicted molar refractivity (Wildman–Crippen MR) is 52.0 cm³/mol. The van der Waals surface area contributed by atoms with E-state index in [0.717, 1.165) is 4.70 Å². The van der Waals surface area contributed by atoms with Crippen molar-refractivity contribution in [3.05, 3.63) is 29.1 Å². The van der Waals surface area contributed by atoms with Gasteiger partial charge in [0.25, 0.3) is 5.91 Å². The van der Waals surface area contributed by atoms with E-state index in [4.69, 9.17) is 5.73 Å². The highest BCUT2D eigenvalue weighted by Gasteiger charge is 2.08. The third kappa shape index (κ3) is 1.25. The quantitative estimate of drug-likeness (QED) is 0.724. The van der Waals surface area contributed by atoms with Crippen molar-refractivity contribution in [2.45, 2.75) is 0 Å². The van der Waals surface area contributed by atoms with Gasteiger partial charge in [-0.05, 0) is 18.2 Å². The molecule has 0 aliphatic carbocycles. The summed E-state index contributed by atoms with van der Waals surface area (Å²) in [6.45, 7) is 0. The van der Waals surface area contributed by atoms with Crippen molar-refractivity contribution < 1.29 is 9.90 Å². The van der Waals surface area contributed by atoms with E-state index in [1.54, 1.807) is 18.2 Å². The van der Waals surface area contributed by atoms with Gasteiger partial charge in [-0.3, -0.25) is 4.79 Å². The second-order valence-electron chi connectivity index (χ2n) is 2.66. The number of phenols is 1. The van der Waals surface area contributed by atoms with E-state index >= 15 is 0 Å². The molecule has 3 nitrogen and oxygen atoms in total. The predicted octanol–water partition coefficient (Wildman–Crippen LogP) is 1.71. The Morgan fingerprint density at radius 1 is 1.46 bits per heavy atom. The standard InChI is InChI=1S/C9H7NO2S/c10-9(12)8-4-5-6(11)2-1-3-7(5)13-8/h1-4,11H,(H2,10,12). The topological polar surface area (TPSA) is 63.3 Å². The van der Waals surface area contributed by atoms with Crippen LogP contribution >= 0.6 is 11.3 Å². The zero-order valence-corrected chi connectivity index (χ0v) is 7.47. The number of rotatable bonds is 1. The number of primary amides is 1. The van der Waals surface area contributed by atoms with Crippen LogP contribution in [0.3, 0.4) is 0 Å². The van der Waals surface area contributed by atoms with Crippen molar-refractivity contribution in [1.29, 1.82) is 0 Å². The van der Waals surface area contributed by atoms with E-state index in [0.29, 0.717) is 10.3 Å². The molecule has 0 bridgehead atoms. The van der Waals surface area contributed by atoms with Crippen LogP contribution in [0.5, 0.6) is 5.75 Å². The molecule has 1 heterocycles. The first-order valence-electron chi connectivity index (χ1n) is 3.70. The zero-order chi connectivity index (χ0) is 9.42. The number of fused-ring (bicyclic) bond motifs is 1. The molecule has 66 valence electrons. The number of hydrogen-bond donors (Lipinski definition) is 2. The lowest BCUT2D eigenvalue weighted by atomic mass is 10.2. The molecule has 0 saturated heterocycles. The van der Waals surface area contributed by atoms with Crippen molar-refractivity contribution in [1.82, 2.24) is 0 Å². The second-order valence-corrected chi connectivity index (χ2v) is 3.75. The third-order valence-electron chi connectivity index (χ3n) is 1.78. The van der Waals surface area contributed by atoms with Gasteiger partial charge >= 0.3 is 0 Å². The molecule has 4 heteroatoms. The lowest BCUT2D eigenvalue weighted by Gasteiger charge is -1.90. The summed E-state index contributed by atoms with van der Waals surface area (Å²) in [6.07, 6.45) is 0. The van der Waals surface area contributed by atoms with E-state index in [9.17, 15) is 9.90 Å². The van der Waals surface area contributed by atoms with Crippen LogP contribution in [0.15, 0.2) is 24.3 Å². The number of phenolic OH excluding ortho intramolecular Hbond substituents is 1. The summed E-state index contributed by atoms with van der Waals surface area (Å²) in [6, 6.07) is 6.77. The maximum absolute atomic E-state index is 10.8. The molecule has 0 spiro atoms. The lowest BCUT2D eigenvalue weighted by molar-refractivity contribution is 0.100. The Balaban J connectivity index is 2.75. The summed E-state index contributed by atoms with van der Waals surface area (Å²) in [5.41, 5.74) is 5.12. The van der Waals surface area contributed by atoms with Gasteiger partial charge in [-0.1, -0.05) is 6.07 Å². The molecule has 0 saturated carbocycles. The SMILES string of the molecule is NC(=O)c1cc2c(O)cccc2s1. The average molecular weight is 193 g/mol. The number of thiophene rings is 1. The molecule has 1 amide bonds. The number of carbonyl (C=O) groups excluding carboxylic acids is 1. The number of amides is 1. The van der Waals surface area contributed by atoms with E-state index in [-0.39, 0.29) is 5.75 Å². The van der Waals surface area contributed by atoms with Crippen LogP contribution in [0.25, 0.3) is 10.1 Å². The van der Waals surface area contributed by atoms with Gasteiger partial charge < -0.3 is 10.8 Å². The Morgan fingerprint density at radius 2 is 2.23 bits per heavy atom. The van der Waals surface area contributed by atoms with Gasteiger partial charge in [-0.15, -0.1) is 11.3 Å². The summed E-state index contributed by atoms with van der Waals surface area (Å²) >= 11 is 1.28. The van der Waals surface area contributed by atoms with Gasteiger partial charge in [0.05, 0.1) is 4.88 Å². The van der Waals surface area contributed by atoms with Crippen molar-refractivity contribution in [3.63, 3.8) is 0 Å². The molecule has 1 aromatic heterocycles. The van der Waals surface area contributed by atoms with E-state index in [2.05, 4.69) is 0 Å². The minimum absolute atomic E-state index is 0.182. The van der Waals surface area contributed by atoms with Crippen LogP contribution < -0.4 is 5.73 Å². The van der Waals surface area contributed by atoms with E-state index in [1.807, 2.05) is 6.07 Å². The molecular weight excluding hydrogens is 186 g/mol. The summed E-state index contributed by atoms with van der Waals surface area (Å²) in [7, 11) is 0. The molecule has 0 unspecified atom stereocenters. The normalized spacial score (nSPS) is 10.5.